The third kappa shape index (κ3) is 4.03. The summed E-state index contributed by atoms with van der Waals surface area (Å²) in [5.41, 5.74) is 0.981. The van der Waals surface area contributed by atoms with E-state index < -0.39 is 18.0 Å². The molecule has 0 bridgehead atoms. The van der Waals surface area contributed by atoms with Gasteiger partial charge in [-0.2, -0.15) is 0 Å². The molecular weight excluding hydrogens is 318 g/mol. The first-order valence-electron chi connectivity index (χ1n) is 9.32. The molecule has 3 rings (SSSR count). The lowest BCUT2D eigenvalue weighted by molar-refractivity contribution is -0.147. The van der Waals surface area contributed by atoms with E-state index in [1.807, 2.05) is 37.3 Å². The van der Waals surface area contributed by atoms with Gasteiger partial charge in [-0.3, -0.25) is 9.59 Å². The lowest BCUT2D eigenvalue weighted by Crippen LogP contribution is -2.40. The molecule has 0 radical (unpaired) electrons. The number of rotatable bonds is 6. The van der Waals surface area contributed by atoms with Gasteiger partial charge in [-0.25, -0.2) is 0 Å². The van der Waals surface area contributed by atoms with Crippen molar-refractivity contribution < 1.29 is 19.4 Å². The van der Waals surface area contributed by atoms with E-state index in [9.17, 15) is 14.7 Å². The predicted molar refractivity (Wildman–Crippen MR) is 94.3 cm³/mol. The molecule has 1 saturated heterocycles. The van der Waals surface area contributed by atoms with Crippen LogP contribution < -0.4 is 0 Å². The van der Waals surface area contributed by atoms with E-state index in [4.69, 9.17) is 4.74 Å². The molecule has 1 saturated carbocycles. The van der Waals surface area contributed by atoms with Crippen LogP contribution in [0.4, 0.5) is 0 Å². The molecular formula is C20H27NO4. The van der Waals surface area contributed by atoms with Gasteiger partial charge in [0, 0.05) is 19.0 Å². The Hall–Kier alpha value is -1.88. The minimum atomic E-state index is -0.839. The van der Waals surface area contributed by atoms with Crippen molar-refractivity contribution in [1.29, 1.82) is 0 Å². The van der Waals surface area contributed by atoms with Crippen LogP contribution in [0.25, 0.3) is 0 Å². The van der Waals surface area contributed by atoms with Crippen molar-refractivity contribution in [2.75, 3.05) is 13.1 Å². The summed E-state index contributed by atoms with van der Waals surface area (Å²) in [6.45, 7) is 2.67. The van der Waals surface area contributed by atoms with E-state index >= 15 is 0 Å². The van der Waals surface area contributed by atoms with Crippen molar-refractivity contribution >= 4 is 11.9 Å². The van der Waals surface area contributed by atoms with Gasteiger partial charge in [-0.1, -0.05) is 50.1 Å². The van der Waals surface area contributed by atoms with Crippen molar-refractivity contribution in [2.45, 2.75) is 57.2 Å². The number of hydrogen-bond donors (Lipinski definition) is 1. The zero-order chi connectivity index (χ0) is 17.8. The van der Waals surface area contributed by atoms with Crippen LogP contribution in [0.5, 0.6) is 0 Å². The lowest BCUT2D eigenvalue weighted by atomic mass is 9.89. The molecule has 1 heterocycles. The maximum Gasteiger partial charge on any atom is 0.308 e. The van der Waals surface area contributed by atoms with E-state index in [1.54, 1.807) is 4.90 Å². The average molecular weight is 345 g/mol. The molecule has 1 aromatic carbocycles. The second-order valence-corrected chi connectivity index (χ2v) is 7.14. The summed E-state index contributed by atoms with van der Waals surface area (Å²) < 4.78 is 6.03. The number of ether oxygens (including phenoxy) is 1. The van der Waals surface area contributed by atoms with E-state index in [1.165, 1.54) is 0 Å². The van der Waals surface area contributed by atoms with Crippen LogP contribution >= 0.6 is 0 Å². The largest absolute Gasteiger partial charge is 0.481 e. The van der Waals surface area contributed by atoms with Gasteiger partial charge in [0.05, 0.1) is 12.0 Å². The topological polar surface area (TPSA) is 66.8 Å². The molecule has 2 fully saturated rings. The number of benzene rings is 1. The van der Waals surface area contributed by atoms with Gasteiger partial charge in [0.15, 0.2) is 0 Å². The molecule has 25 heavy (non-hydrogen) atoms. The fourth-order valence-electron chi connectivity index (χ4n) is 4.06. The highest BCUT2D eigenvalue weighted by Crippen LogP contribution is 2.34. The summed E-state index contributed by atoms with van der Waals surface area (Å²) in [5.74, 6) is -1.62. The molecule has 1 unspecified atom stereocenters. The Bertz CT molecular complexity index is 597. The maximum absolute atomic E-state index is 12.9. The number of hydrogen-bond acceptors (Lipinski definition) is 3. The van der Waals surface area contributed by atoms with Crippen molar-refractivity contribution in [1.82, 2.24) is 4.90 Å². The molecule has 1 aliphatic carbocycles. The monoisotopic (exact) mass is 345 g/mol. The van der Waals surface area contributed by atoms with E-state index in [0.717, 1.165) is 31.2 Å². The molecule has 0 spiro atoms. The third-order valence-electron chi connectivity index (χ3n) is 5.48. The summed E-state index contributed by atoms with van der Waals surface area (Å²) in [6.07, 6.45) is 4.72. The maximum atomic E-state index is 12.9. The SMILES string of the molecule is CCC(OC1CCCC1)C(=O)N1C[C@H](C(=O)O)[C@H](c2ccccc2)C1. The molecule has 1 aliphatic heterocycles. The number of aliphatic carboxylic acids is 1. The molecule has 2 aliphatic rings. The molecule has 3 atom stereocenters. The summed E-state index contributed by atoms with van der Waals surface area (Å²) >= 11 is 0. The van der Waals surface area contributed by atoms with Crippen molar-refractivity contribution in [2.24, 2.45) is 5.92 Å². The second-order valence-electron chi connectivity index (χ2n) is 7.14. The van der Waals surface area contributed by atoms with Crippen molar-refractivity contribution in [3.05, 3.63) is 35.9 Å². The predicted octanol–water partition coefficient (Wildman–Crippen LogP) is 3.05. The van der Waals surface area contributed by atoms with Gasteiger partial charge in [-0.15, -0.1) is 0 Å². The zero-order valence-corrected chi connectivity index (χ0v) is 14.8. The van der Waals surface area contributed by atoms with Crippen molar-refractivity contribution in [3.63, 3.8) is 0 Å². The van der Waals surface area contributed by atoms with Gasteiger partial charge < -0.3 is 14.7 Å². The van der Waals surface area contributed by atoms with Crippen LogP contribution in [-0.4, -0.2) is 47.2 Å². The summed E-state index contributed by atoms with van der Waals surface area (Å²) in [7, 11) is 0. The van der Waals surface area contributed by atoms with Crippen LogP contribution in [0.1, 0.15) is 50.5 Å². The Kier molecular flexibility index (Phi) is 5.74. The van der Waals surface area contributed by atoms with Gasteiger partial charge in [0.2, 0.25) is 0 Å². The number of nitrogens with zero attached hydrogens (tertiary/aromatic N) is 1. The van der Waals surface area contributed by atoms with Crippen LogP contribution in [0.15, 0.2) is 30.3 Å². The van der Waals surface area contributed by atoms with Gasteiger partial charge in [0.1, 0.15) is 6.10 Å². The fourth-order valence-corrected chi connectivity index (χ4v) is 4.06. The van der Waals surface area contributed by atoms with E-state index in [0.29, 0.717) is 13.0 Å². The minimum Gasteiger partial charge on any atom is -0.481 e. The Balaban J connectivity index is 1.71. The summed E-state index contributed by atoms with van der Waals surface area (Å²) in [5, 5.41) is 9.60. The normalized spacial score (nSPS) is 25.2. The van der Waals surface area contributed by atoms with Crippen LogP contribution in [-0.2, 0) is 14.3 Å². The molecule has 5 heteroatoms. The van der Waals surface area contributed by atoms with E-state index in [-0.39, 0.29) is 24.5 Å². The highest BCUT2D eigenvalue weighted by Gasteiger charge is 2.42. The molecule has 136 valence electrons. The molecule has 0 aromatic heterocycles. The lowest BCUT2D eigenvalue weighted by Gasteiger charge is -2.25. The molecule has 1 N–H and O–H groups in total. The summed E-state index contributed by atoms with van der Waals surface area (Å²) in [6, 6.07) is 9.63. The standard InChI is InChI=1S/C20H27NO4/c1-2-18(25-15-10-6-7-11-15)19(22)21-12-16(17(13-21)20(23)24)14-8-4-3-5-9-14/h3-5,8-9,15-18H,2,6-7,10-13H2,1H3,(H,23,24)/t16-,17-,18?/m0/s1. The third-order valence-corrected chi connectivity index (χ3v) is 5.48. The Morgan fingerprint density at radius 1 is 1.20 bits per heavy atom. The average Bonchev–Trinajstić information content (AvgIpc) is 3.29. The van der Waals surface area contributed by atoms with Gasteiger partial charge in [-0.05, 0) is 24.8 Å². The smallest absolute Gasteiger partial charge is 0.308 e. The van der Waals surface area contributed by atoms with E-state index in [2.05, 4.69) is 0 Å². The zero-order valence-electron chi connectivity index (χ0n) is 14.8. The highest BCUT2D eigenvalue weighted by molar-refractivity contribution is 5.83. The molecule has 5 nitrogen and oxygen atoms in total. The van der Waals surface area contributed by atoms with Crippen LogP contribution in [0.3, 0.4) is 0 Å². The number of carbonyl (C=O) groups excluding carboxylic acids is 1. The quantitative estimate of drug-likeness (QED) is 0.860. The van der Waals surface area contributed by atoms with Crippen LogP contribution in [0, 0.1) is 5.92 Å². The second kappa shape index (κ2) is 8.00. The number of likely N-dealkylation sites (tertiary alicyclic amines) is 1. The Labute approximate surface area is 149 Å². The van der Waals surface area contributed by atoms with Crippen molar-refractivity contribution in [3.8, 4) is 0 Å². The number of carboxylic acid groups (broad SMARTS) is 1. The molecule has 1 aromatic rings. The number of carboxylic acids is 1. The molecule has 1 amide bonds. The van der Waals surface area contributed by atoms with Gasteiger partial charge in [0.25, 0.3) is 5.91 Å². The number of amides is 1. The van der Waals surface area contributed by atoms with Crippen LogP contribution in [0.2, 0.25) is 0 Å². The van der Waals surface area contributed by atoms with Gasteiger partial charge >= 0.3 is 5.97 Å². The first kappa shape index (κ1) is 17.9. The Morgan fingerprint density at radius 2 is 1.88 bits per heavy atom. The fraction of sp³-hybridized carbons (Fsp3) is 0.600. The first-order chi connectivity index (χ1) is 12.1. The summed E-state index contributed by atoms with van der Waals surface area (Å²) in [4.78, 5) is 26.3. The first-order valence-corrected chi connectivity index (χ1v) is 9.32. The minimum absolute atomic E-state index is 0.0564. The highest BCUT2D eigenvalue weighted by atomic mass is 16.5. The Morgan fingerprint density at radius 3 is 2.48 bits per heavy atom. The number of carbonyl (C=O) groups is 2.